The molecule has 1 aromatic heterocycles. The van der Waals surface area contributed by atoms with Gasteiger partial charge in [-0.15, -0.1) is 5.10 Å². The van der Waals surface area contributed by atoms with Gasteiger partial charge in [-0.3, -0.25) is 4.90 Å². The molecule has 2 aliphatic heterocycles. The van der Waals surface area contributed by atoms with Crippen LogP contribution < -0.4 is 14.4 Å². The second-order valence-corrected chi connectivity index (χ2v) is 6.46. The molecule has 2 aromatic rings. The van der Waals surface area contributed by atoms with Gasteiger partial charge in [0.2, 0.25) is 5.95 Å². The highest BCUT2D eigenvalue weighted by atomic mass is 16.5. The first-order chi connectivity index (χ1) is 12.3. The molecule has 0 bridgehead atoms. The minimum Gasteiger partial charge on any atom is -0.496 e. The molecule has 1 atom stereocenters. The van der Waals surface area contributed by atoms with Crippen molar-refractivity contribution in [2.75, 3.05) is 45.3 Å². The van der Waals surface area contributed by atoms with Crippen LogP contribution in [0.4, 0.5) is 5.95 Å². The topological polar surface area (TPSA) is 63.6 Å². The number of hydrogen-bond acceptors (Lipinski definition) is 7. The first-order valence-corrected chi connectivity index (χ1v) is 8.70. The standard InChI is InChI=1S/C18H23N5O2/c1-24-15-6-3-7-16(25-2)17(15)14-11-19-21-18(20-14)23-10-9-22-8-4-5-13(22)12-23/h3,6-7,11,13H,4-5,8-10,12H2,1-2H3. The van der Waals surface area contributed by atoms with E-state index in [1.807, 2.05) is 18.2 Å². The SMILES string of the molecule is COc1cccc(OC)c1-c1cnnc(N2CCN3CCCC3C2)n1. The minimum absolute atomic E-state index is 0.613. The molecule has 2 saturated heterocycles. The number of ether oxygens (including phenoxy) is 2. The van der Waals surface area contributed by atoms with E-state index in [1.165, 1.54) is 19.4 Å². The number of fused-ring (bicyclic) bond motifs is 1. The largest absolute Gasteiger partial charge is 0.496 e. The van der Waals surface area contributed by atoms with Crippen LogP contribution in [0.1, 0.15) is 12.8 Å². The Morgan fingerprint density at radius 3 is 2.64 bits per heavy atom. The quantitative estimate of drug-likeness (QED) is 0.841. The highest BCUT2D eigenvalue weighted by Gasteiger charge is 2.31. The van der Waals surface area contributed by atoms with Crippen molar-refractivity contribution in [1.82, 2.24) is 20.1 Å². The number of rotatable bonds is 4. The highest BCUT2D eigenvalue weighted by molar-refractivity contribution is 5.74. The Labute approximate surface area is 147 Å². The molecule has 2 fully saturated rings. The van der Waals surface area contributed by atoms with Crippen LogP contribution in [0.2, 0.25) is 0 Å². The van der Waals surface area contributed by atoms with Crippen LogP contribution in [0.5, 0.6) is 11.5 Å². The summed E-state index contributed by atoms with van der Waals surface area (Å²) in [5.74, 6) is 2.11. The number of benzene rings is 1. The molecular formula is C18H23N5O2. The summed E-state index contributed by atoms with van der Waals surface area (Å²) in [6.45, 7) is 4.19. The number of nitrogens with zero attached hydrogens (tertiary/aromatic N) is 5. The second-order valence-electron chi connectivity index (χ2n) is 6.46. The van der Waals surface area contributed by atoms with Crippen molar-refractivity contribution in [1.29, 1.82) is 0 Å². The molecule has 25 heavy (non-hydrogen) atoms. The summed E-state index contributed by atoms with van der Waals surface area (Å²) in [6, 6.07) is 6.31. The summed E-state index contributed by atoms with van der Waals surface area (Å²) in [7, 11) is 3.29. The molecule has 2 aliphatic rings. The molecular weight excluding hydrogens is 318 g/mol. The van der Waals surface area contributed by atoms with Crippen LogP contribution >= 0.6 is 0 Å². The predicted octanol–water partition coefficient (Wildman–Crippen LogP) is 1.84. The third-order valence-electron chi connectivity index (χ3n) is 5.10. The van der Waals surface area contributed by atoms with Gasteiger partial charge in [0.05, 0.1) is 26.0 Å². The molecule has 0 N–H and O–H groups in total. The second kappa shape index (κ2) is 6.84. The van der Waals surface area contributed by atoms with E-state index in [1.54, 1.807) is 20.4 Å². The predicted molar refractivity (Wildman–Crippen MR) is 95.2 cm³/mol. The lowest BCUT2D eigenvalue weighted by Crippen LogP contribution is -2.50. The molecule has 0 spiro atoms. The van der Waals surface area contributed by atoms with Crippen molar-refractivity contribution < 1.29 is 9.47 Å². The molecule has 132 valence electrons. The maximum atomic E-state index is 5.50. The average Bonchev–Trinajstić information content (AvgIpc) is 3.15. The summed E-state index contributed by atoms with van der Waals surface area (Å²) in [5, 5.41) is 8.47. The lowest BCUT2D eigenvalue weighted by Gasteiger charge is -2.37. The van der Waals surface area contributed by atoms with Crippen molar-refractivity contribution in [2.45, 2.75) is 18.9 Å². The lowest BCUT2D eigenvalue weighted by molar-refractivity contribution is 0.229. The number of methoxy groups -OCH3 is 2. The number of hydrogen-bond donors (Lipinski definition) is 0. The smallest absolute Gasteiger partial charge is 0.246 e. The zero-order valence-corrected chi connectivity index (χ0v) is 14.7. The van der Waals surface area contributed by atoms with Crippen molar-refractivity contribution in [3.63, 3.8) is 0 Å². The van der Waals surface area contributed by atoms with E-state index in [4.69, 9.17) is 14.5 Å². The Balaban J connectivity index is 1.66. The minimum atomic E-state index is 0.613. The van der Waals surface area contributed by atoms with Crippen molar-refractivity contribution in [3.8, 4) is 22.8 Å². The molecule has 0 saturated carbocycles. The summed E-state index contributed by atoms with van der Waals surface area (Å²) in [5.41, 5.74) is 1.52. The Kier molecular flexibility index (Phi) is 4.40. The Morgan fingerprint density at radius 2 is 1.88 bits per heavy atom. The first kappa shape index (κ1) is 16.1. The van der Waals surface area contributed by atoms with Gasteiger partial charge in [0.25, 0.3) is 0 Å². The Hall–Kier alpha value is -2.41. The molecule has 1 aromatic carbocycles. The van der Waals surface area contributed by atoms with Crippen LogP contribution in [0, 0.1) is 0 Å². The van der Waals surface area contributed by atoms with Crippen molar-refractivity contribution in [3.05, 3.63) is 24.4 Å². The van der Waals surface area contributed by atoms with Gasteiger partial charge in [-0.05, 0) is 31.5 Å². The van der Waals surface area contributed by atoms with E-state index in [9.17, 15) is 0 Å². The van der Waals surface area contributed by atoms with Gasteiger partial charge in [0.15, 0.2) is 0 Å². The molecule has 3 heterocycles. The summed E-state index contributed by atoms with van der Waals surface area (Å²) >= 11 is 0. The number of aromatic nitrogens is 3. The van der Waals surface area contributed by atoms with Crippen LogP contribution in [0.15, 0.2) is 24.4 Å². The Bertz CT molecular complexity index is 732. The lowest BCUT2D eigenvalue weighted by atomic mass is 10.1. The van der Waals surface area contributed by atoms with Crippen LogP contribution in [-0.2, 0) is 0 Å². The summed E-state index contributed by atoms with van der Waals surface area (Å²) in [4.78, 5) is 9.58. The van der Waals surface area contributed by atoms with Gasteiger partial charge in [0.1, 0.15) is 17.2 Å². The van der Waals surface area contributed by atoms with Crippen LogP contribution in [0.3, 0.4) is 0 Å². The molecule has 7 heteroatoms. The number of piperazine rings is 1. The van der Waals surface area contributed by atoms with E-state index < -0.39 is 0 Å². The maximum absolute atomic E-state index is 5.50. The average molecular weight is 341 g/mol. The van der Waals surface area contributed by atoms with Gasteiger partial charge >= 0.3 is 0 Å². The van der Waals surface area contributed by atoms with Gasteiger partial charge in [0, 0.05) is 25.7 Å². The fraction of sp³-hybridized carbons (Fsp3) is 0.500. The summed E-state index contributed by atoms with van der Waals surface area (Å²) < 4.78 is 11.0. The van der Waals surface area contributed by atoms with Crippen molar-refractivity contribution in [2.24, 2.45) is 0 Å². The monoisotopic (exact) mass is 341 g/mol. The molecule has 0 radical (unpaired) electrons. The Morgan fingerprint density at radius 1 is 1.08 bits per heavy atom. The van der Waals surface area contributed by atoms with E-state index in [-0.39, 0.29) is 0 Å². The zero-order chi connectivity index (χ0) is 17.2. The van der Waals surface area contributed by atoms with E-state index >= 15 is 0 Å². The van der Waals surface area contributed by atoms with E-state index in [2.05, 4.69) is 20.0 Å². The fourth-order valence-corrected chi connectivity index (χ4v) is 3.82. The third-order valence-corrected chi connectivity index (χ3v) is 5.10. The van der Waals surface area contributed by atoms with Gasteiger partial charge < -0.3 is 14.4 Å². The third kappa shape index (κ3) is 3.00. The van der Waals surface area contributed by atoms with Gasteiger partial charge in [-0.1, -0.05) is 6.07 Å². The van der Waals surface area contributed by atoms with E-state index in [0.717, 1.165) is 25.2 Å². The zero-order valence-electron chi connectivity index (χ0n) is 14.7. The highest BCUT2D eigenvalue weighted by Crippen LogP contribution is 2.37. The van der Waals surface area contributed by atoms with Gasteiger partial charge in [-0.25, -0.2) is 4.98 Å². The molecule has 4 rings (SSSR count). The molecule has 0 amide bonds. The number of anilines is 1. The molecule has 7 nitrogen and oxygen atoms in total. The van der Waals surface area contributed by atoms with Crippen LogP contribution in [0.25, 0.3) is 11.3 Å². The molecule has 1 unspecified atom stereocenters. The summed E-state index contributed by atoms with van der Waals surface area (Å²) in [6.07, 6.45) is 4.20. The van der Waals surface area contributed by atoms with Gasteiger partial charge in [-0.2, -0.15) is 5.10 Å². The van der Waals surface area contributed by atoms with E-state index in [0.29, 0.717) is 29.2 Å². The first-order valence-electron chi connectivity index (χ1n) is 8.70. The van der Waals surface area contributed by atoms with Crippen molar-refractivity contribution >= 4 is 5.95 Å². The maximum Gasteiger partial charge on any atom is 0.246 e. The van der Waals surface area contributed by atoms with Crippen LogP contribution in [-0.4, -0.2) is 66.5 Å². The fourth-order valence-electron chi connectivity index (χ4n) is 3.82. The normalized spacial score (nSPS) is 20.4. The molecule has 0 aliphatic carbocycles.